The molecule has 0 heterocycles. The Morgan fingerprint density at radius 2 is 1.71 bits per heavy atom. The molecule has 0 bridgehead atoms. The predicted molar refractivity (Wildman–Crippen MR) is 86.6 cm³/mol. The summed E-state index contributed by atoms with van der Waals surface area (Å²) in [5, 5.41) is 0. The minimum absolute atomic E-state index is 0.00528. The van der Waals surface area contributed by atoms with Gasteiger partial charge in [0.1, 0.15) is 5.75 Å². The van der Waals surface area contributed by atoms with Crippen molar-refractivity contribution in [3.05, 3.63) is 84.5 Å². The van der Waals surface area contributed by atoms with Crippen LogP contribution in [0.1, 0.15) is 22.3 Å². The van der Waals surface area contributed by atoms with E-state index in [1.165, 1.54) is 0 Å². The van der Waals surface area contributed by atoms with Crippen molar-refractivity contribution in [2.45, 2.75) is 6.42 Å². The molecule has 0 amide bonds. The maximum absolute atomic E-state index is 12.7. The fourth-order valence-corrected chi connectivity index (χ4v) is 2.06. The minimum Gasteiger partial charge on any atom is -0.497 e. The molecule has 106 valence electrons. The van der Waals surface area contributed by atoms with E-state index in [4.69, 9.17) is 4.74 Å². The van der Waals surface area contributed by atoms with E-state index in [0.29, 0.717) is 17.6 Å². The lowest BCUT2D eigenvalue weighted by Crippen LogP contribution is -2.03. The van der Waals surface area contributed by atoms with E-state index >= 15 is 0 Å². The van der Waals surface area contributed by atoms with Crippen LogP contribution in [0.3, 0.4) is 0 Å². The molecular formula is C19H18O2. The second-order valence-electron chi connectivity index (χ2n) is 4.57. The van der Waals surface area contributed by atoms with Gasteiger partial charge in [-0.15, -0.1) is 6.58 Å². The lowest BCUT2D eigenvalue weighted by molar-refractivity contribution is 0.105. The fraction of sp³-hybridized carbons (Fsp3) is 0.105. The number of carbonyl (C=O) groups is 1. The van der Waals surface area contributed by atoms with Gasteiger partial charge in [-0.1, -0.05) is 42.5 Å². The van der Waals surface area contributed by atoms with Crippen molar-refractivity contribution in [3.8, 4) is 5.75 Å². The quantitative estimate of drug-likeness (QED) is 0.440. The monoisotopic (exact) mass is 278 g/mol. The van der Waals surface area contributed by atoms with Crippen molar-refractivity contribution in [3.63, 3.8) is 0 Å². The molecule has 2 aromatic rings. The van der Waals surface area contributed by atoms with Gasteiger partial charge in [0.2, 0.25) is 0 Å². The van der Waals surface area contributed by atoms with Crippen molar-refractivity contribution in [2.24, 2.45) is 0 Å². The Bertz CT molecular complexity index is 637. The van der Waals surface area contributed by atoms with E-state index in [9.17, 15) is 4.79 Å². The maximum Gasteiger partial charge on any atom is 0.193 e. The molecule has 21 heavy (non-hydrogen) atoms. The molecule has 0 saturated carbocycles. The first-order chi connectivity index (χ1) is 10.3. The summed E-state index contributed by atoms with van der Waals surface area (Å²) in [4.78, 5) is 12.7. The van der Waals surface area contributed by atoms with Crippen LogP contribution in [-0.2, 0) is 0 Å². The van der Waals surface area contributed by atoms with E-state index in [-0.39, 0.29) is 5.78 Å². The van der Waals surface area contributed by atoms with Crippen molar-refractivity contribution >= 4 is 11.4 Å². The Labute approximate surface area is 125 Å². The van der Waals surface area contributed by atoms with Crippen LogP contribution in [0, 0.1) is 0 Å². The van der Waals surface area contributed by atoms with Gasteiger partial charge in [0.25, 0.3) is 0 Å². The van der Waals surface area contributed by atoms with Crippen LogP contribution >= 0.6 is 0 Å². The van der Waals surface area contributed by atoms with Crippen molar-refractivity contribution in [1.82, 2.24) is 0 Å². The van der Waals surface area contributed by atoms with Gasteiger partial charge in [-0.05, 0) is 36.2 Å². The molecule has 2 aromatic carbocycles. The molecule has 2 rings (SSSR count). The van der Waals surface area contributed by atoms with E-state index in [2.05, 4.69) is 6.58 Å². The van der Waals surface area contributed by atoms with Crippen LogP contribution in [0.5, 0.6) is 5.75 Å². The first kappa shape index (κ1) is 14.8. The summed E-state index contributed by atoms with van der Waals surface area (Å²) in [5.41, 5.74) is 2.26. The third kappa shape index (κ3) is 3.69. The zero-order valence-electron chi connectivity index (χ0n) is 12.1. The first-order valence-electron chi connectivity index (χ1n) is 6.81. The normalized spacial score (nSPS) is 11.0. The summed E-state index contributed by atoms with van der Waals surface area (Å²) < 4.78 is 5.12. The van der Waals surface area contributed by atoms with Gasteiger partial charge in [-0.25, -0.2) is 0 Å². The Morgan fingerprint density at radius 3 is 2.29 bits per heavy atom. The van der Waals surface area contributed by atoms with Crippen LogP contribution in [0.15, 0.2) is 73.3 Å². The van der Waals surface area contributed by atoms with Crippen LogP contribution in [0.2, 0.25) is 0 Å². The smallest absolute Gasteiger partial charge is 0.193 e. The zero-order valence-corrected chi connectivity index (χ0v) is 12.1. The molecule has 2 nitrogen and oxygen atoms in total. The summed E-state index contributed by atoms with van der Waals surface area (Å²) in [6.07, 6.45) is 4.35. The Balaban J connectivity index is 2.36. The van der Waals surface area contributed by atoms with Gasteiger partial charge in [0.15, 0.2) is 5.78 Å². The van der Waals surface area contributed by atoms with Crippen LogP contribution in [0.25, 0.3) is 5.57 Å². The maximum atomic E-state index is 12.7. The van der Waals surface area contributed by atoms with Gasteiger partial charge < -0.3 is 4.74 Å². The SMILES string of the molecule is C=CC/C=C(\C(=O)c1ccc(OC)cc1)c1ccccc1. The number of hydrogen-bond acceptors (Lipinski definition) is 2. The van der Waals surface area contributed by atoms with E-state index in [0.717, 1.165) is 11.3 Å². The molecule has 0 N–H and O–H groups in total. The number of carbonyl (C=O) groups excluding carboxylic acids is 1. The molecular weight excluding hydrogens is 260 g/mol. The minimum atomic E-state index is 0.00528. The first-order valence-corrected chi connectivity index (χ1v) is 6.81. The molecule has 0 aliphatic heterocycles. The van der Waals surface area contributed by atoms with Crippen LogP contribution in [0.4, 0.5) is 0 Å². The molecule has 0 spiro atoms. The second kappa shape index (κ2) is 7.25. The summed E-state index contributed by atoms with van der Waals surface area (Å²) in [6, 6.07) is 16.8. The van der Waals surface area contributed by atoms with E-state index in [1.807, 2.05) is 36.4 Å². The van der Waals surface area contributed by atoms with Gasteiger partial charge in [0.05, 0.1) is 7.11 Å². The predicted octanol–water partition coefficient (Wildman–Crippen LogP) is 4.54. The average molecular weight is 278 g/mol. The van der Waals surface area contributed by atoms with Gasteiger partial charge in [0, 0.05) is 11.1 Å². The zero-order chi connectivity index (χ0) is 15.1. The fourth-order valence-electron chi connectivity index (χ4n) is 2.06. The van der Waals surface area contributed by atoms with Crippen molar-refractivity contribution in [1.29, 1.82) is 0 Å². The highest BCUT2D eigenvalue weighted by atomic mass is 16.5. The molecule has 0 radical (unpaired) electrons. The number of benzene rings is 2. The van der Waals surface area contributed by atoms with E-state index < -0.39 is 0 Å². The highest BCUT2D eigenvalue weighted by Crippen LogP contribution is 2.22. The number of ketones is 1. The Hall–Kier alpha value is -2.61. The number of hydrogen-bond donors (Lipinski definition) is 0. The highest BCUT2D eigenvalue weighted by Gasteiger charge is 2.13. The number of methoxy groups -OCH3 is 1. The number of Topliss-reactive ketones (excluding diaryl/α,β-unsaturated/α-hetero) is 1. The summed E-state index contributed by atoms with van der Waals surface area (Å²) >= 11 is 0. The Morgan fingerprint density at radius 1 is 1.05 bits per heavy atom. The average Bonchev–Trinajstić information content (AvgIpc) is 2.56. The molecule has 0 saturated heterocycles. The third-order valence-electron chi connectivity index (χ3n) is 3.17. The lowest BCUT2D eigenvalue weighted by atomic mass is 9.96. The van der Waals surface area contributed by atoms with E-state index in [1.54, 1.807) is 37.5 Å². The Kier molecular flexibility index (Phi) is 5.10. The molecule has 0 aromatic heterocycles. The van der Waals surface area contributed by atoms with Crippen molar-refractivity contribution < 1.29 is 9.53 Å². The molecule has 0 unspecified atom stereocenters. The van der Waals surface area contributed by atoms with Gasteiger partial charge in [-0.3, -0.25) is 4.79 Å². The number of rotatable bonds is 6. The largest absolute Gasteiger partial charge is 0.497 e. The number of allylic oxidation sites excluding steroid dienone is 3. The highest BCUT2D eigenvalue weighted by molar-refractivity contribution is 6.28. The van der Waals surface area contributed by atoms with Crippen LogP contribution in [-0.4, -0.2) is 12.9 Å². The van der Waals surface area contributed by atoms with Crippen molar-refractivity contribution in [2.75, 3.05) is 7.11 Å². The summed E-state index contributed by atoms with van der Waals surface area (Å²) in [7, 11) is 1.61. The molecule has 0 atom stereocenters. The molecule has 0 aliphatic carbocycles. The molecule has 0 aliphatic rings. The topological polar surface area (TPSA) is 26.3 Å². The van der Waals surface area contributed by atoms with Gasteiger partial charge in [-0.2, -0.15) is 0 Å². The third-order valence-corrected chi connectivity index (χ3v) is 3.17. The second-order valence-corrected chi connectivity index (χ2v) is 4.57. The summed E-state index contributed by atoms with van der Waals surface area (Å²) in [5.74, 6) is 0.744. The van der Waals surface area contributed by atoms with Gasteiger partial charge >= 0.3 is 0 Å². The molecule has 0 fully saturated rings. The lowest BCUT2D eigenvalue weighted by Gasteiger charge is -2.08. The molecule has 2 heteroatoms. The van der Waals surface area contributed by atoms with Crippen LogP contribution < -0.4 is 4.74 Å². The standard InChI is InChI=1S/C19H18O2/c1-3-4-10-18(15-8-6-5-7-9-15)19(20)16-11-13-17(21-2)14-12-16/h3,5-14H,1,4H2,2H3/b18-10-. The summed E-state index contributed by atoms with van der Waals surface area (Å²) in [6.45, 7) is 3.71. The number of ether oxygens (including phenoxy) is 1.